The third kappa shape index (κ3) is 8.73. The summed E-state index contributed by atoms with van der Waals surface area (Å²) in [5.41, 5.74) is 0. The molecular formula is C11H22F3N. The minimum absolute atomic E-state index is 0.214. The van der Waals surface area contributed by atoms with Gasteiger partial charge in [0.25, 0.3) is 0 Å². The van der Waals surface area contributed by atoms with E-state index in [0.29, 0.717) is 12.6 Å². The highest BCUT2D eigenvalue weighted by Crippen LogP contribution is 2.21. The molecule has 0 saturated carbocycles. The lowest BCUT2D eigenvalue weighted by Gasteiger charge is -2.26. The smallest absolute Gasteiger partial charge is 0.301 e. The van der Waals surface area contributed by atoms with E-state index in [1.165, 1.54) is 0 Å². The quantitative estimate of drug-likeness (QED) is 0.636. The van der Waals surface area contributed by atoms with Crippen LogP contribution in [0.1, 0.15) is 46.5 Å². The molecule has 0 rings (SSSR count). The lowest BCUT2D eigenvalue weighted by molar-refractivity contribution is -0.136. The first-order valence-corrected chi connectivity index (χ1v) is 5.67. The number of nitrogens with zero attached hydrogens (tertiary/aromatic N) is 1. The summed E-state index contributed by atoms with van der Waals surface area (Å²) in [5, 5.41) is 0. The van der Waals surface area contributed by atoms with Crippen LogP contribution in [0.4, 0.5) is 13.2 Å². The van der Waals surface area contributed by atoms with Crippen molar-refractivity contribution < 1.29 is 13.2 Å². The summed E-state index contributed by atoms with van der Waals surface area (Å²) in [6, 6.07) is 0.338. The van der Waals surface area contributed by atoms with E-state index in [-0.39, 0.29) is 6.42 Å². The highest BCUT2D eigenvalue weighted by atomic mass is 19.4. The summed E-state index contributed by atoms with van der Waals surface area (Å²) >= 11 is 0. The molecule has 4 heteroatoms. The SMILES string of the molecule is CCCCN(CCCC(F)(F)F)C(C)C. The molecular weight excluding hydrogens is 203 g/mol. The first-order valence-electron chi connectivity index (χ1n) is 5.67. The zero-order valence-electron chi connectivity index (χ0n) is 9.90. The van der Waals surface area contributed by atoms with Crippen LogP contribution in [0.25, 0.3) is 0 Å². The molecule has 0 spiro atoms. The van der Waals surface area contributed by atoms with Crippen LogP contribution in [-0.4, -0.2) is 30.2 Å². The second kappa shape index (κ2) is 7.09. The molecule has 0 heterocycles. The Morgan fingerprint density at radius 2 is 1.60 bits per heavy atom. The van der Waals surface area contributed by atoms with Gasteiger partial charge in [-0.3, -0.25) is 0 Å². The third-order valence-electron chi connectivity index (χ3n) is 2.43. The fraction of sp³-hybridized carbons (Fsp3) is 1.00. The molecule has 0 atom stereocenters. The second-order valence-electron chi connectivity index (χ2n) is 4.20. The third-order valence-corrected chi connectivity index (χ3v) is 2.43. The summed E-state index contributed by atoms with van der Waals surface area (Å²) in [6.45, 7) is 7.61. The number of hydrogen-bond donors (Lipinski definition) is 0. The first kappa shape index (κ1) is 14.8. The molecule has 0 aliphatic rings. The van der Waals surface area contributed by atoms with Crippen molar-refractivity contribution in [2.75, 3.05) is 13.1 Å². The van der Waals surface area contributed by atoms with E-state index in [9.17, 15) is 13.2 Å². The van der Waals surface area contributed by atoms with Gasteiger partial charge in [0, 0.05) is 12.5 Å². The molecule has 0 saturated heterocycles. The largest absolute Gasteiger partial charge is 0.389 e. The van der Waals surface area contributed by atoms with Crippen molar-refractivity contribution in [3.8, 4) is 0 Å². The van der Waals surface area contributed by atoms with E-state index < -0.39 is 12.6 Å². The maximum atomic E-state index is 11.9. The van der Waals surface area contributed by atoms with E-state index in [1.807, 2.05) is 13.8 Å². The van der Waals surface area contributed by atoms with Gasteiger partial charge < -0.3 is 4.90 Å². The van der Waals surface area contributed by atoms with Crippen molar-refractivity contribution in [3.63, 3.8) is 0 Å². The van der Waals surface area contributed by atoms with Gasteiger partial charge in [-0.2, -0.15) is 13.2 Å². The minimum atomic E-state index is -4.01. The maximum Gasteiger partial charge on any atom is 0.389 e. The molecule has 0 aromatic carbocycles. The summed E-state index contributed by atoms with van der Waals surface area (Å²) < 4.78 is 35.8. The van der Waals surface area contributed by atoms with Gasteiger partial charge in [0.1, 0.15) is 0 Å². The molecule has 0 aliphatic heterocycles. The molecule has 0 aliphatic carbocycles. The molecule has 0 N–H and O–H groups in total. The van der Waals surface area contributed by atoms with Gasteiger partial charge in [0.2, 0.25) is 0 Å². The number of rotatable bonds is 7. The molecule has 92 valence electrons. The lowest BCUT2D eigenvalue weighted by atomic mass is 10.2. The molecule has 1 nitrogen and oxygen atoms in total. The average Bonchev–Trinajstić information content (AvgIpc) is 2.08. The molecule has 0 radical (unpaired) electrons. The van der Waals surface area contributed by atoms with Gasteiger partial charge in [-0.05, 0) is 39.8 Å². The monoisotopic (exact) mass is 225 g/mol. The Hall–Kier alpha value is -0.250. The topological polar surface area (TPSA) is 3.24 Å². The van der Waals surface area contributed by atoms with Crippen molar-refractivity contribution in [2.45, 2.75) is 58.7 Å². The van der Waals surface area contributed by atoms with Gasteiger partial charge in [0.15, 0.2) is 0 Å². The standard InChI is InChI=1S/C11H22F3N/c1-4-5-8-15(10(2)3)9-6-7-11(12,13)14/h10H,4-9H2,1-3H3. The number of halogens is 3. The fourth-order valence-corrected chi connectivity index (χ4v) is 1.47. The Balaban J connectivity index is 3.76. The maximum absolute atomic E-state index is 11.9. The molecule has 0 aromatic heterocycles. The van der Waals surface area contributed by atoms with Gasteiger partial charge in [-0.15, -0.1) is 0 Å². The van der Waals surface area contributed by atoms with Gasteiger partial charge in [0.05, 0.1) is 0 Å². The molecule has 0 bridgehead atoms. The van der Waals surface area contributed by atoms with E-state index in [4.69, 9.17) is 0 Å². The Labute approximate surface area is 90.6 Å². The minimum Gasteiger partial charge on any atom is -0.301 e. The van der Waals surface area contributed by atoms with Crippen molar-refractivity contribution in [2.24, 2.45) is 0 Å². The van der Waals surface area contributed by atoms with Crippen LogP contribution in [0.2, 0.25) is 0 Å². The van der Waals surface area contributed by atoms with Crippen LogP contribution in [-0.2, 0) is 0 Å². The van der Waals surface area contributed by atoms with Crippen LogP contribution in [0, 0.1) is 0 Å². The van der Waals surface area contributed by atoms with Crippen LogP contribution < -0.4 is 0 Å². The predicted molar refractivity (Wildman–Crippen MR) is 56.9 cm³/mol. The van der Waals surface area contributed by atoms with Crippen molar-refractivity contribution in [3.05, 3.63) is 0 Å². The molecule has 0 unspecified atom stereocenters. The van der Waals surface area contributed by atoms with E-state index >= 15 is 0 Å². The summed E-state index contributed by atoms with van der Waals surface area (Å²) in [7, 11) is 0. The molecule has 0 amide bonds. The van der Waals surface area contributed by atoms with Crippen LogP contribution in [0.3, 0.4) is 0 Å². The normalized spacial score (nSPS) is 12.8. The van der Waals surface area contributed by atoms with E-state index in [1.54, 1.807) is 0 Å². The van der Waals surface area contributed by atoms with Crippen molar-refractivity contribution in [1.82, 2.24) is 4.90 Å². The number of alkyl halides is 3. The van der Waals surface area contributed by atoms with Crippen LogP contribution in [0.5, 0.6) is 0 Å². The number of hydrogen-bond acceptors (Lipinski definition) is 1. The van der Waals surface area contributed by atoms with E-state index in [2.05, 4.69) is 11.8 Å². The Morgan fingerprint density at radius 3 is 2.00 bits per heavy atom. The first-order chi connectivity index (χ1) is 6.87. The van der Waals surface area contributed by atoms with Crippen molar-refractivity contribution >= 4 is 0 Å². The Kier molecular flexibility index (Phi) is 6.98. The zero-order valence-corrected chi connectivity index (χ0v) is 9.90. The summed E-state index contributed by atoms with van der Waals surface area (Å²) in [4.78, 5) is 2.12. The highest BCUT2D eigenvalue weighted by Gasteiger charge is 2.26. The van der Waals surface area contributed by atoms with Crippen molar-refractivity contribution in [1.29, 1.82) is 0 Å². The van der Waals surface area contributed by atoms with Crippen LogP contribution in [0.15, 0.2) is 0 Å². The van der Waals surface area contributed by atoms with Gasteiger partial charge in [-0.1, -0.05) is 13.3 Å². The zero-order chi connectivity index (χ0) is 11.9. The lowest BCUT2D eigenvalue weighted by Crippen LogP contribution is -2.33. The Bertz CT molecular complexity index is 154. The summed E-state index contributed by atoms with van der Waals surface area (Å²) in [6.07, 6.45) is -2.31. The van der Waals surface area contributed by atoms with Gasteiger partial charge >= 0.3 is 6.18 Å². The predicted octanol–water partition coefficient (Wildman–Crippen LogP) is 3.84. The van der Waals surface area contributed by atoms with Crippen LogP contribution >= 0.6 is 0 Å². The Morgan fingerprint density at radius 1 is 1.07 bits per heavy atom. The average molecular weight is 225 g/mol. The van der Waals surface area contributed by atoms with Gasteiger partial charge in [-0.25, -0.2) is 0 Å². The molecule has 0 aromatic rings. The fourth-order valence-electron chi connectivity index (χ4n) is 1.47. The molecule has 15 heavy (non-hydrogen) atoms. The van der Waals surface area contributed by atoms with E-state index in [0.717, 1.165) is 19.4 Å². The molecule has 0 fully saturated rings. The number of unbranched alkanes of at least 4 members (excludes halogenated alkanes) is 1. The summed E-state index contributed by atoms with van der Waals surface area (Å²) in [5.74, 6) is 0. The highest BCUT2D eigenvalue weighted by molar-refractivity contribution is 4.64. The second-order valence-corrected chi connectivity index (χ2v) is 4.20.